The number of halogens is 2. The van der Waals surface area contributed by atoms with Crippen LogP contribution < -0.4 is 0 Å². The number of hydrogen-bond donors (Lipinski definition) is 1. The fourth-order valence-electron chi connectivity index (χ4n) is 2.31. The average molecular weight is 284 g/mol. The van der Waals surface area contributed by atoms with Crippen LogP contribution in [-0.4, -0.2) is 60.1 Å². The van der Waals surface area contributed by atoms with Gasteiger partial charge in [0.1, 0.15) is 11.6 Å². The lowest BCUT2D eigenvalue weighted by Crippen LogP contribution is -2.49. The van der Waals surface area contributed by atoms with E-state index in [2.05, 4.69) is 0 Å². The number of aliphatic hydroxyl groups is 1. The van der Waals surface area contributed by atoms with Crippen LogP contribution in [0.5, 0.6) is 0 Å². The summed E-state index contributed by atoms with van der Waals surface area (Å²) in [4.78, 5) is 15.8. The van der Waals surface area contributed by atoms with E-state index in [0.717, 1.165) is 6.07 Å². The summed E-state index contributed by atoms with van der Waals surface area (Å²) < 4.78 is 26.9. The first-order chi connectivity index (χ1) is 9.52. The number of nitrogens with zero attached hydrogens (tertiary/aromatic N) is 2. The zero-order valence-electron chi connectivity index (χ0n) is 11.4. The first-order valence-corrected chi connectivity index (χ1v) is 6.61. The van der Waals surface area contributed by atoms with Crippen LogP contribution in [0.1, 0.15) is 15.9 Å². The molecule has 0 atom stereocenters. The van der Waals surface area contributed by atoms with Crippen molar-refractivity contribution in [2.75, 3.05) is 39.3 Å². The van der Waals surface area contributed by atoms with Crippen LogP contribution in [0.4, 0.5) is 8.78 Å². The van der Waals surface area contributed by atoms with Crippen molar-refractivity contribution >= 4 is 5.91 Å². The highest BCUT2D eigenvalue weighted by Gasteiger charge is 2.24. The molecule has 1 fully saturated rings. The van der Waals surface area contributed by atoms with Crippen molar-refractivity contribution in [2.24, 2.45) is 0 Å². The molecule has 0 radical (unpaired) electrons. The standard InChI is InChI=1S/C14H18F2N2O2/c1-10-8-11(13(16)9-12(10)15)14(20)18-4-2-17(3-5-18)6-7-19/h8-9,19H,2-7H2,1H3. The third-order valence-electron chi connectivity index (χ3n) is 3.55. The molecule has 1 amide bonds. The molecule has 0 saturated carbocycles. The number of amides is 1. The number of piperazine rings is 1. The number of β-amino-alcohol motifs (C(OH)–C–C–N with tert-alkyl or cyclic N) is 1. The molecule has 1 aromatic carbocycles. The van der Waals surface area contributed by atoms with Crippen LogP contribution in [0.2, 0.25) is 0 Å². The number of benzene rings is 1. The second kappa shape index (κ2) is 6.28. The fraction of sp³-hybridized carbons (Fsp3) is 0.500. The fourth-order valence-corrected chi connectivity index (χ4v) is 2.31. The Hall–Kier alpha value is -1.53. The molecule has 1 N–H and O–H groups in total. The lowest BCUT2D eigenvalue weighted by atomic mass is 10.1. The number of rotatable bonds is 3. The monoisotopic (exact) mass is 284 g/mol. The Morgan fingerprint density at radius 3 is 2.45 bits per heavy atom. The van der Waals surface area contributed by atoms with E-state index in [1.54, 1.807) is 4.90 Å². The molecule has 1 aromatic rings. The Morgan fingerprint density at radius 1 is 1.20 bits per heavy atom. The van der Waals surface area contributed by atoms with Gasteiger partial charge in [-0.2, -0.15) is 0 Å². The summed E-state index contributed by atoms with van der Waals surface area (Å²) in [5, 5.41) is 8.86. The molecule has 0 bridgehead atoms. The van der Waals surface area contributed by atoms with Crippen molar-refractivity contribution in [1.29, 1.82) is 0 Å². The Bertz CT molecular complexity index is 500. The summed E-state index contributed by atoms with van der Waals surface area (Å²) in [7, 11) is 0. The summed E-state index contributed by atoms with van der Waals surface area (Å²) in [6.45, 7) is 4.42. The number of hydrogen-bond acceptors (Lipinski definition) is 3. The van der Waals surface area contributed by atoms with Gasteiger partial charge in [0.05, 0.1) is 12.2 Å². The summed E-state index contributed by atoms with van der Waals surface area (Å²) in [6, 6.07) is 2.01. The molecule has 0 spiro atoms. The minimum absolute atomic E-state index is 0.0831. The zero-order valence-corrected chi connectivity index (χ0v) is 11.4. The van der Waals surface area contributed by atoms with Gasteiger partial charge in [-0.15, -0.1) is 0 Å². The third kappa shape index (κ3) is 3.13. The molecule has 1 saturated heterocycles. The van der Waals surface area contributed by atoms with Crippen molar-refractivity contribution in [1.82, 2.24) is 9.80 Å². The van der Waals surface area contributed by atoms with Crippen LogP contribution in [0.3, 0.4) is 0 Å². The van der Waals surface area contributed by atoms with E-state index in [1.165, 1.54) is 13.0 Å². The first-order valence-electron chi connectivity index (χ1n) is 6.61. The second-order valence-corrected chi connectivity index (χ2v) is 4.94. The Labute approximate surface area is 116 Å². The van der Waals surface area contributed by atoms with Gasteiger partial charge in [-0.1, -0.05) is 0 Å². The van der Waals surface area contributed by atoms with Crippen LogP contribution in [0.15, 0.2) is 12.1 Å². The van der Waals surface area contributed by atoms with E-state index >= 15 is 0 Å². The summed E-state index contributed by atoms with van der Waals surface area (Å²) in [5.41, 5.74) is 0.174. The van der Waals surface area contributed by atoms with Gasteiger partial charge in [-0.05, 0) is 18.6 Å². The predicted molar refractivity (Wildman–Crippen MR) is 70.5 cm³/mol. The van der Waals surface area contributed by atoms with E-state index in [-0.39, 0.29) is 17.7 Å². The quantitative estimate of drug-likeness (QED) is 0.901. The summed E-state index contributed by atoms with van der Waals surface area (Å²) >= 11 is 0. The highest BCUT2D eigenvalue weighted by Crippen LogP contribution is 2.17. The Morgan fingerprint density at radius 2 is 1.85 bits per heavy atom. The molecule has 110 valence electrons. The molecule has 2 rings (SSSR count). The first kappa shape index (κ1) is 14.9. The molecule has 0 unspecified atom stereocenters. The van der Waals surface area contributed by atoms with Crippen molar-refractivity contribution in [3.63, 3.8) is 0 Å². The van der Waals surface area contributed by atoms with Gasteiger partial charge in [-0.25, -0.2) is 8.78 Å². The van der Waals surface area contributed by atoms with E-state index in [4.69, 9.17) is 5.11 Å². The average Bonchev–Trinajstić information content (AvgIpc) is 2.43. The number of aliphatic hydroxyl groups excluding tert-OH is 1. The van der Waals surface area contributed by atoms with E-state index in [9.17, 15) is 13.6 Å². The molecular formula is C14H18F2N2O2. The van der Waals surface area contributed by atoms with E-state index in [0.29, 0.717) is 32.7 Å². The van der Waals surface area contributed by atoms with Crippen LogP contribution in [0, 0.1) is 18.6 Å². The lowest BCUT2D eigenvalue weighted by Gasteiger charge is -2.34. The van der Waals surface area contributed by atoms with Crippen LogP contribution in [-0.2, 0) is 0 Å². The summed E-state index contributed by atoms with van der Waals surface area (Å²) in [6.07, 6.45) is 0. The SMILES string of the molecule is Cc1cc(C(=O)N2CCN(CCO)CC2)c(F)cc1F. The lowest BCUT2D eigenvalue weighted by molar-refractivity contribution is 0.0610. The normalized spacial score (nSPS) is 16.5. The van der Waals surface area contributed by atoms with Gasteiger partial charge in [0.15, 0.2) is 0 Å². The summed E-state index contributed by atoms with van der Waals surface area (Å²) in [5.74, 6) is -1.88. The number of carbonyl (C=O) groups is 1. The van der Waals surface area contributed by atoms with Crippen molar-refractivity contribution < 1.29 is 18.7 Å². The van der Waals surface area contributed by atoms with Gasteiger partial charge >= 0.3 is 0 Å². The van der Waals surface area contributed by atoms with Crippen LogP contribution in [0.25, 0.3) is 0 Å². The van der Waals surface area contributed by atoms with Gasteiger partial charge in [0.2, 0.25) is 0 Å². The van der Waals surface area contributed by atoms with Crippen molar-refractivity contribution in [3.8, 4) is 0 Å². The second-order valence-electron chi connectivity index (χ2n) is 4.94. The maximum absolute atomic E-state index is 13.7. The van der Waals surface area contributed by atoms with E-state index < -0.39 is 17.5 Å². The molecule has 6 heteroatoms. The highest BCUT2D eigenvalue weighted by molar-refractivity contribution is 5.94. The van der Waals surface area contributed by atoms with E-state index in [1.807, 2.05) is 4.90 Å². The van der Waals surface area contributed by atoms with Gasteiger partial charge < -0.3 is 10.0 Å². The molecule has 0 aliphatic carbocycles. The number of carbonyl (C=O) groups excluding carboxylic acids is 1. The molecule has 4 nitrogen and oxygen atoms in total. The molecule has 1 heterocycles. The molecular weight excluding hydrogens is 266 g/mol. The van der Waals surface area contributed by atoms with Crippen LogP contribution >= 0.6 is 0 Å². The minimum Gasteiger partial charge on any atom is -0.395 e. The topological polar surface area (TPSA) is 43.8 Å². The minimum atomic E-state index is -0.823. The van der Waals surface area contributed by atoms with Crippen molar-refractivity contribution in [2.45, 2.75) is 6.92 Å². The maximum Gasteiger partial charge on any atom is 0.256 e. The molecule has 1 aliphatic rings. The smallest absolute Gasteiger partial charge is 0.256 e. The predicted octanol–water partition coefficient (Wildman–Crippen LogP) is 1.02. The van der Waals surface area contributed by atoms with Gasteiger partial charge in [0, 0.05) is 38.8 Å². The molecule has 1 aliphatic heterocycles. The van der Waals surface area contributed by atoms with Gasteiger partial charge in [0.25, 0.3) is 5.91 Å². The Kier molecular flexibility index (Phi) is 4.67. The van der Waals surface area contributed by atoms with Gasteiger partial charge in [-0.3, -0.25) is 9.69 Å². The highest BCUT2D eigenvalue weighted by atomic mass is 19.1. The largest absolute Gasteiger partial charge is 0.395 e. The molecule has 20 heavy (non-hydrogen) atoms. The Balaban J connectivity index is 2.07. The third-order valence-corrected chi connectivity index (χ3v) is 3.55. The molecule has 0 aromatic heterocycles. The number of aryl methyl sites for hydroxylation is 1. The zero-order chi connectivity index (χ0) is 14.7. The maximum atomic E-state index is 13.7. The van der Waals surface area contributed by atoms with Crippen molar-refractivity contribution in [3.05, 3.63) is 34.9 Å².